The summed E-state index contributed by atoms with van der Waals surface area (Å²) in [7, 11) is 0. The monoisotopic (exact) mass is 114 g/mol. The topological polar surface area (TPSA) is 9.23 Å². The van der Waals surface area contributed by atoms with Crippen LogP contribution in [-0.2, 0) is 4.74 Å². The van der Waals surface area contributed by atoms with E-state index in [-0.39, 0.29) is 0 Å². The summed E-state index contributed by atoms with van der Waals surface area (Å²) in [6, 6.07) is 0. The normalized spacial score (nSPS) is 39.8. The van der Waals surface area contributed by atoms with Crippen molar-refractivity contribution in [2.45, 2.75) is 20.3 Å². The minimum atomic E-state index is 0.791. The number of hydrogen-bond acceptors (Lipinski definition) is 1. The van der Waals surface area contributed by atoms with Crippen molar-refractivity contribution < 1.29 is 4.74 Å². The molecule has 0 radical (unpaired) electrons. The largest absolute Gasteiger partial charge is 0.381 e. The lowest BCUT2D eigenvalue weighted by atomic mass is 9.96. The van der Waals surface area contributed by atoms with Crippen molar-refractivity contribution >= 4 is 0 Å². The van der Waals surface area contributed by atoms with Crippen LogP contribution in [0.25, 0.3) is 0 Å². The number of rotatable bonds is 0. The smallest absolute Gasteiger partial charge is 0.0491 e. The molecule has 0 saturated carbocycles. The summed E-state index contributed by atoms with van der Waals surface area (Å²) >= 11 is 0. The van der Waals surface area contributed by atoms with Crippen molar-refractivity contribution in [3.05, 3.63) is 0 Å². The summed E-state index contributed by atoms with van der Waals surface area (Å²) in [6.07, 6.45) is 1.35. The van der Waals surface area contributed by atoms with E-state index in [0.717, 1.165) is 25.0 Å². The standard InChI is InChI=1S/C7H14O/c1-6-3-7(2)5-8-4-6/h6-7H,3-5H2,1-2H3/t6-,7?/m1/s1. The van der Waals surface area contributed by atoms with Crippen LogP contribution in [0.2, 0.25) is 0 Å². The molecule has 0 aromatic carbocycles. The first-order valence-electron chi connectivity index (χ1n) is 3.37. The summed E-state index contributed by atoms with van der Waals surface area (Å²) < 4.78 is 5.29. The van der Waals surface area contributed by atoms with Crippen LogP contribution < -0.4 is 0 Å². The molecule has 1 unspecified atom stereocenters. The number of ether oxygens (including phenoxy) is 1. The Morgan fingerprint density at radius 1 is 1.12 bits per heavy atom. The molecule has 1 nitrogen and oxygen atoms in total. The quantitative estimate of drug-likeness (QED) is 0.465. The maximum atomic E-state index is 5.29. The zero-order chi connectivity index (χ0) is 5.98. The lowest BCUT2D eigenvalue weighted by molar-refractivity contribution is 0.0274. The van der Waals surface area contributed by atoms with Crippen molar-refractivity contribution in [2.75, 3.05) is 13.2 Å². The molecule has 1 heterocycles. The van der Waals surface area contributed by atoms with E-state index in [1.54, 1.807) is 0 Å². The fourth-order valence-corrected chi connectivity index (χ4v) is 1.29. The zero-order valence-corrected chi connectivity index (χ0v) is 5.68. The van der Waals surface area contributed by atoms with Gasteiger partial charge in [-0.05, 0) is 18.3 Å². The van der Waals surface area contributed by atoms with E-state index in [1.807, 2.05) is 0 Å². The first kappa shape index (κ1) is 6.09. The number of hydrogen-bond donors (Lipinski definition) is 0. The van der Waals surface area contributed by atoms with Gasteiger partial charge in [0.25, 0.3) is 0 Å². The van der Waals surface area contributed by atoms with Gasteiger partial charge in [0.05, 0.1) is 0 Å². The third-order valence-corrected chi connectivity index (χ3v) is 1.61. The highest BCUT2D eigenvalue weighted by molar-refractivity contribution is 4.62. The lowest BCUT2D eigenvalue weighted by Crippen LogP contribution is -2.21. The molecule has 1 aliphatic heterocycles. The Balaban J connectivity index is 2.23. The van der Waals surface area contributed by atoms with Crippen LogP contribution in [0.3, 0.4) is 0 Å². The van der Waals surface area contributed by atoms with Gasteiger partial charge in [0.2, 0.25) is 0 Å². The van der Waals surface area contributed by atoms with Crippen LogP contribution in [0.15, 0.2) is 0 Å². The fraction of sp³-hybridized carbons (Fsp3) is 1.00. The molecule has 1 heteroatoms. The lowest BCUT2D eigenvalue weighted by Gasteiger charge is -2.23. The molecule has 1 fully saturated rings. The predicted molar refractivity (Wildman–Crippen MR) is 33.8 cm³/mol. The average Bonchev–Trinajstić information content (AvgIpc) is 1.64. The minimum absolute atomic E-state index is 0.791. The van der Waals surface area contributed by atoms with E-state index in [9.17, 15) is 0 Å². The van der Waals surface area contributed by atoms with Gasteiger partial charge in [0, 0.05) is 13.2 Å². The molecule has 48 valence electrons. The fourth-order valence-electron chi connectivity index (χ4n) is 1.29. The van der Waals surface area contributed by atoms with E-state index in [0.29, 0.717) is 0 Å². The Morgan fingerprint density at radius 3 is 1.88 bits per heavy atom. The van der Waals surface area contributed by atoms with Gasteiger partial charge >= 0.3 is 0 Å². The Kier molecular flexibility index (Phi) is 1.90. The second-order valence-corrected chi connectivity index (χ2v) is 2.98. The first-order chi connectivity index (χ1) is 3.79. The van der Waals surface area contributed by atoms with E-state index in [4.69, 9.17) is 4.74 Å². The Labute approximate surface area is 51.0 Å². The van der Waals surface area contributed by atoms with Gasteiger partial charge in [-0.25, -0.2) is 0 Å². The second-order valence-electron chi connectivity index (χ2n) is 2.98. The highest BCUT2D eigenvalue weighted by atomic mass is 16.5. The highest BCUT2D eigenvalue weighted by Crippen LogP contribution is 2.17. The Bertz CT molecular complexity index is 62.8. The third-order valence-electron chi connectivity index (χ3n) is 1.61. The van der Waals surface area contributed by atoms with Crippen molar-refractivity contribution in [3.63, 3.8) is 0 Å². The van der Waals surface area contributed by atoms with Crippen LogP contribution in [0, 0.1) is 11.8 Å². The van der Waals surface area contributed by atoms with Crippen LogP contribution in [0.5, 0.6) is 0 Å². The Hall–Kier alpha value is -0.0400. The minimum Gasteiger partial charge on any atom is -0.381 e. The first-order valence-corrected chi connectivity index (χ1v) is 3.37. The molecule has 2 atom stereocenters. The maximum Gasteiger partial charge on any atom is 0.0491 e. The van der Waals surface area contributed by atoms with Crippen LogP contribution in [0.4, 0.5) is 0 Å². The molecule has 0 amide bonds. The van der Waals surface area contributed by atoms with E-state index in [1.165, 1.54) is 6.42 Å². The van der Waals surface area contributed by atoms with Gasteiger partial charge in [-0.2, -0.15) is 0 Å². The molecule has 0 aromatic rings. The van der Waals surface area contributed by atoms with E-state index in [2.05, 4.69) is 13.8 Å². The second kappa shape index (κ2) is 2.49. The summed E-state index contributed by atoms with van der Waals surface area (Å²) in [5, 5.41) is 0. The summed E-state index contributed by atoms with van der Waals surface area (Å²) in [5.41, 5.74) is 0. The predicted octanol–water partition coefficient (Wildman–Crippen LogP) is 1.68. The van der Waals surface area contributed by atoms with Crippen LogP contribution >= 0.6 is 0 Å². The SMILES string of the molecule is CC1COC[C@H](C)C1. The highest BCUT2D eigenvalue weighted by Gasteiger charge is 2.14. The third kappa shape index (κ3) is 1.48. The molecule has 1 saturated heterocycles. The summed E-state index contributed by atoms with van der Waals surface area (Å²) in [6.45, 7) is 6.44. The maximum absolute atomic E-state index is 5.29. The van der Waals surface area contributed by atoms with Crippen molar-refractivity contribution in [2.24, 2.45) is 11.8 Å². The molecule has 8 heavy (non-hydrogen) atoms. The van der Waals surface area contributed by atoms with Crippen molar-refractivity contribution in [1.82, 2.24) is 0 Å². The van der Waals surface area contributed by atoms with Gasteiger partial charge in [0.15, 0.2) is 0 Å². The van der Waals surface area contributed by atoms with Crippen molar-refractivity contribution in [3.8, 4) is 0 Å². The van der Waals surface area contributed by atoms with Crippen molar-refractivity contribution in [1.29, 1.82) is 0 Å². The van der Waals surface area contributed by atoms with Gasteiger partial charge in [0.1, 0.15) is 0 Å². The van der Waals surface area contributed by atoms with Crippen LogP contribution in [0.1, 0.15) is 20.3 Å². The molecule has 1 rings (SSSR count). The summed E-state index contributed by atoms with van der Waals surface area (Å²) in [5.74, 6) is 1.58. The molecule has 0 aromatic heterocycles. The van der Waals surface area contributed by atoms with Gasteiger partial charge in [-0.3, -0.25) is 0 Å². The molecule has 1 aliphatic rings. The molecular formula is C7H14O. The molecular weight excluding hydrogens is 100 g/mol. The van der Waals surface area contributed by atoms with Crippen LogP contribution in [-0.4, -0.2) is 13.2 Å². The summed E-state index contributed by atoms with van der Waals surface area (Å²) in [4.78, 5) is 0. The molecule has 0 spiro atoms. The van der Waals surface area contributed by atoms with E-state index >= 15 is 0 Å². The van der Waals surface area contributed by atoms with Gasteiger partial charge in [-0.1, -0.05) is 13.8 Å². The Morgan fingerprint density at radius 2 is 1.62 bits per heavy atom. The molecule has 0 bridgehead atoms. The molecule has 0 aliphatic carbocycles. The van der Waals surface area contributed by atoms with Gasteiger partial charge < -0.3 is 4.74 Å². The van der Waals surface area contributed by atoms with E-state index < -0.39 is 0 Å². The van der Waals surface area contributed by atoms with Gasteiger partial charge in [-0.15, -0.1) is 0 Å². The molecule has 0 N–H and O–H groups in total. The average molecular weight is 114 g/mol. The zero-order valence-electron chi connectivity index (χ0n) is 5.68.